The summed E-state index contributed by atoms with van der Waals surface area (Å²) in [6, 6.07) is 3.08. The molecule has 1 aromatic rings. The molecule has 1 atom stereocenters. The summed E-state index contributed by atoms with van der Waals surface area (Å²) in [4.78, 5) is 10.1. The monoisotopic (exact) mass is 212 g/mol. The Balaban J connectivity index is 3.10. The third kappa shape index (κ3) is 2.73. The van der Waals surface area contributed by atoms with Gasteiger partial charge < -0.3 is 5.73 Å². The van der Waals surface area contributed by atoms with E-state index >= 15 is 0 Å². The number of nitro groups is 1. The molecule has 0 aliphatic heterocycles. The molecule has 0 spiro atoms. The molecule has 0 aliphatic rings. The van der Waals surface area contributed by atoms with Crippen molar-refractivity contribution in [2.45, 2.75) is 25.8 Å². The quantitative estimate of drug-likeness (QED) is 0.615. The standard InChI is InChI=1S/C10H13FN2O2/c1-2-3-9(12)8-5-4-7(11)6-10(8)13(14)15/h4-6,9H,2-3,12H2,1H3/t9-/m1/s1. The van der Waals surface area contributed by atoms with Crippen LogP contribution >= 0.6 is 0 Å². The lowest BCUT2D eigenvalue weighted by Gasteiger charge is -2.10. The largest absolute Gasteiger partial charge is 0.324 e. The topological polar surface area (TPSA) is 69.2 Å². The molecule has 4 nitrogen and oxygen atoms in total. The van der Waals surface area contributed by atoms with Crippen LogP contribution in [0.3, 0.4) is 0 Å². The van der Waals surface area contributed by atoms with E-state index in [2.05, 4.69) is 0 Å². The summed E-state index contributed by atoms with van der Waals surface area (Å²) in [6.07, 6.45) is 1.47. The van der Waals surface area contributed by atoms with Gasteiger partial charge in [0.15, 0.2) is 0 Å². The van der Waals surface area contributed by atoms with Gasteiger partial charge in [-0.1, -0.05) is 13.3 Å². The van der Waals surface area contributed by atoms with Crippen molar-refractivity contribution in [2.75, 3.05) is 0 Å². The van der Waals surface area contributed by atoms with E-state index in [1.165, 1.54) is 12.1 Å². The highest BCUT2D eigenvalue weighted by Crippen LogP contribution is 2.26. The zero-order valence-corrected chi connectivity index (χ0v) is 8.44. The van der Waals surface area contributed by atoms with E-state index in [0.717, 1.165) is 12.5 Å². The first-order chi connectivity index (χ1) is 7.06. The van der Waals surface area contributed by atoms with Crippen LogP contribution in [0.25, 0.3) is 0 Å². The van der Waals surface area contributed by atoms with Crippen LogP contribution in [0.4, 0.5) is 10.1 Å². The molecule has 1 rings (SSSR count). The molecule has 0 saturated heterocycles. The Labute approximate surface area is 87.0 Å². The van der Waals surface area contributed by atoms with Gasteiger partial charge in [0.1, 0.15) is 5.82 Å². The Morgan fingerprint density at radius 3 is 2.80 bits per heavy atom. The number of hydrogen-bond donors (Lipinski definition) is 1. The van der Waals surface area contributed by atoms with Gasteiger partial charge in [-0.05, 0) is 18.6 Å². The van der Waals surface area contributed by atoms with Gasteiger partial charge in [-0.3, -0.25) is 10.1 Å². The van der Waals surface area contributed by atoms with Gasteiger partial charge in [0.25, 0.3) is 5.69 Å². The SMILES string of the molecule is CCC[C@@H](N)c1ccc(F)cc1[N+](=O)[O-]. The summed E-state index contributed by atoms with van der Waals surface area (Å²) in [5.74, 6) is -0.617. The Morgan fingerprint density at radius 2 is 2.27 bits per heavy atom. The molecule has 1 aromatic carbocycles. The molecule has 15 heavy (non-hydrogen) atoms. The van der Waals surface area contributed by atoms with E-state index in [1.54, 1.807) is 0 Å². The minimum absolute atomic E-state index is 0.240. The van der Waals surface area contributed by atoms with Crippen molar-refractivity contribution in [3.05, 3.63) is 39.7 Å². The van der Waals surface area contributed by atoms with E-state index in [0.29, 0.717) is 12.0 Å². The second-order valence-corrected chi connectivity index (χ2v) is 3.36. The van der Waals surface area contributed by atoms with Crippen LogP contribution in [-0.2, 0) is 0 Å². The molecular formula is C10H13FN2O2. The molecule has 0 unspecified atom stereocenters. The third-order valence-corrected chi connectivity index (χ3v) is 2.19. The Kier molecular flexibility index (Phi) is 3.74. The molecule has 0 amide bonds. The second kappa shape index (κ2) is 4.84. The molecule has 0 aromatic heterocycles. The molecule has 0 heterocycles. The highest BCUT2D eigenvalue weighted by molar-refractivity contribution is 5.42. The molecule has 0 saturated carbocycles. The molecule has 0 radical (unpaired) electrons. The number of nitro benzene ring substituents is 1. The number of rotatable bonds is 4. The summed E-state index contributed by atoms with van der Waals surface area (Å²) in [5.41, 5.74) is 5.92. The Hall–Kier alpha value is -1.49. The number of nitrogens with zero attached hydrogens (tertiary/aromatic N) is 1. The minimum atomic E-state index is -0.617. The van der Waals surface area contributed by atoms with E-state index in [-0.39, 0.29) is 5.69 Å². The predicted octanol–water partition coefficient (Wildman–Crippen LogP) is 2.53. The summed E-state index contributed by atoms with van der Waals surface area (Å²) >= 11 is 0. The zero-order valence-electron chi connectivity index (χ0n) is 8.44. The smallest absolute Gasteiger partial charge is 0.277 e. The lowest BCUT2D eigenvalue weighted by atomic mass is 10.0. The maximum absolute atomic E-state index is 12.8. The zero-order chi connectivity index (χ0) is 11.4. The van der Waals surface area contributed by atoms with Gasteiger partial charge >= 0.3 is 0 Å². The lowest BCUT2D eigenvalue weighted by Crippen LogP contribution is -2.12. The van der Waals surface area contributed by atoms with Crippen molar-refractivity contribution >= 4 is 5.69 Å². The fraction of sp³-hybridized carbons (Fsp3) is 0.400. The van der Waals surface area contributed by atoms with Crippen LogP contribution in [-0.4, -0.2) is 4.92 Å². The first kappa shape index (κ1) is 11.6. The van der Waals surface area contributed by atoms with Crippen LogP contribution in [0.2, 0.25) is 0 Å². The van der Waals surface area contributed by atoms with Crippen molar-refractivity contribution in [3.63, 3.8) is 0 Å². The molecule has 82 valence electrons. The minimum Gasteiger partial charge on any atom is -0.324 e. The molecular weight excluding hydrogens is 199 g/mol. The first-order valence-corrected chi connectivity index (χ1v) is 4.75. The summed E-state index contributed by atoms with van der Waals surface area (Å²) < 4.78 is 12.8. The van der Waals surface area contributed by atoms with Crippen molar-refractivity contribution in [3.8, 4) is 0 Å². The van der Waals surface area contributed by atoms with Crippen molar-refractivity contribution in [1.82, 2.24) is 0 Å². The van der Waals surface area contributed by atoms with Gasteiger partial charge in [0.05, 0.1) is 11.0 Å². The van der Waals surface area contributed by atoms with E-state index in [9.17, 15) is 14.5 Å². The van der Waals surface area contributed by atoms with E-state index in [4.69, 9.17) is 5.73 Å². The lowest BCUT2D eigenvalue weighted by molar-refractivity contribution is -0.385. The molecule has 0 bridgehead atoms. The highest BCUT2D eigenvalue weighted by Gasteiger charge is 2.19. The van der Waals surface area contributed by atoms with Crippen LogP contribution in [0, 0.1) is 15.9 Å². The normalized spacial score (nSPS) is 12.5. The third-order valence-electron chi connectivity index (χ3n) is 2.19. The fourth-order valence-electron chi connectivity index (χ4n) is 1.45. The van der Waals surface area contributed by atoms with E-state index < -0.39 is 16.8 Å². The average molecular weight is 212 g/mol. The number of benzene rings is 1. The molecule has 0 aliphatic carbocycles. The highest BCUT2D eigenvalue weighted by atomic mass is 19.1. The average Bonchev–Trinajstić information content (AvgIpc) is 2.17. The van der Waals surface area contributed by atoms with Gasteiger partial charge in [0, 0.05) is 11.6 Å². The van der Waals surface area contributed by atoms with Gasteiger partial charge in [-0.2, -0.15) is 0 Å². The first-order valence-electron chi connectivity index (χ1n) is 4.75. The van der Waals surface area contributed by atoms with Crippen LogP contribution in [0.1, 0.15) is 31.4 Å². The molecule has 5 heteroatoms. The number of nitrogens with two attached hydrogens (primary N) is 1. The maximum atomic E-state index is 12.8. The Morgan fingerprint density at radius 1 is 1.60 bits per heavy atom. The van der Waals surface area contributed by atoms with Gasteiger partial charge in [-0.15, -0.1) is 0 Å². The van der Waals surface area contributed by atoms with Gasteiger partial charge in [0.2, 0.25) is 0 Å². The number of hydrogen-bond acceptors (Lipinski definition) is 3. The Bertz CT molecular complexity index is 368. The maximum Gasteiger partial charge on any atom is 0.277 e. The van der Waals surface area contributed by atoms with Crippen LogP contribution < -0.4 is 5.73 Å². The fourth-order valence-corrected chi connectivity index (χ4v) is 1.45. The van der Waals surface area contributed by atoms with E-state index in [1.807, 2.05) is 6.92 Å². The van der Waals surface area contributed by atoms with Crippen LogP contribution in [0.5, 0.6) is 0 Å². The predicted molar refractivity (Wildman–Crippen MR) is 54.9 cm³/mol. The van der Waals surface area contributed by atoms with Gasteiger partial charge in [-0.25, -0.2) is 4.39 Å². The number of halogens is 1. The second-order valence-electron chi connectivity index (χ2n) is 3.36. The van der Waals surface area contributed by atoms with Crippen LogP contribution in [0.15, 0.2) is 18.2 Å². The van der Waals surface area contributed by atoms with Crippen molar-refractivity contribution in [1.29, 1.82) is 0 Å². The summed E-state index contributed by atoms with van der Waals surface area (Å²) in [5, 5.41) is 10.7. The molecule has 2 N–H and O–H groups in total. The van der Waals surface area contributed by atoms with Crippen molar-refractivity contribution < 1.29 is 9.31 Å². The summed E-state index contributed by atoms with van der Waals surface area (Å²) in [6.45, 7) is 1.94. The summed E-state index contributed by atoms with van der Waals surface area (Å²) in [7, 11) is 0. The van der Waals surface area contributed by atoms with Crippen molar-refractivity contribution in [2.24, 2.45) is 5.73 Å². The molecule has 0 fully saturated rings.